The van der Waals surface area contributed by atoms with Crippen LogP contribution < -0.4 is 10.7 Å². The summed E-state index contributed by atoms with van der Waals surface area (Å²) < 4.78 is 10.4. The summed E-state index contributed by atoms with van der Waals surface area (Å²) in [5.74, 6) is -1.33. The number of methoxy groups -OCH3 is 1. The average molecular weight is 351 g/mol. The number of esters is 1. The zero-order chi connectivity index (χ0) is 18.8. The molecule has 0 atom stereocenters. The number of nitrogens with one attached hydrogen (secondary N) is 1. The van der Waals surface area contributed by atoms with Crippen LogP contribution in [-0.4, -0.2) is 19.0 Å². The number of hydrogen-bond donors (Lipinski definition) is 1. The molecule has 1 amide bonds. The lowest BCUT2D eigenvalue weighted by molar-refractivity contribution is 0.0602. The van der Waals surface area contributed by atoms with Crippen LogP contribution in [0.15, 0.2) is 51.7 Å². The fourth-order valence-corrected chi connectivity index (χ4v) is 2.63. The Morgan fingerprint density at radius 1 is 1.08 bits per heavy atom. The van der Waals surface area contributed by atoms with E-state index < -0.39 is 11.9 Å². The minimum absolute atomic E-state index is 0.129. The fourth-order valence-electron chi connectivity index (χ4n) is 2.63. The molecule has 6 nitrogen and oxygen atoms in total. The number of amides is 1. The van der Waals surface area contributed by atoms with E-state index in [0.717, 1.165) is 17.2 Å². The quantitative estimate of drug-likeness (QED) is 0.731. The van der Waals surface area contributed by atoms with Crippen LogP contribution in [-0.2, 0) is 4.74 Å². The van der Waals surface area contributed by atoms with E-state index in [1.807, 2.05) is 19.9 Å². The van der Waals surface area contributed by atoms with E-state index in [4.69, 9.17) is 9.15 Å². The Labute approximate surface area is 149 Å². The SMILES string of the molecule is COC(=O)c1ccccc1NC(=O)c1cc(=O)c2ccc(C)c(C)c2o1. The molecule has 132 valence electrons. The van der Waals surface area contributed by atoms with Crippen molar-refractivity contribution in [2.24, 2.45) is 0 Å². The molecule has 1 heterocycles. The van der Waals surface area contributed by atoms with E-state index in [0.29, 0.717) is 11.0 Å². The van der Waals surface area contributed by atoms with Crippen molar-refractivity contribution in [1.82, 2.24) is 0 Å². The van der Waals surface area contributed by atoms with Gasteiger partial charge in [-0.1, -0.05) is 18.2 Å². The van der Waals surface area contributed by atoms with Gasteiger partial charge in [-0.15, -0.1) is 0 Å². The molecule has 0 spiro atoms. The minimum Gasteiger partial charge on any atom is -0.465 e. The molecule has 2 aromatic carbocycles. The van der Waals surface area contributed by atoms with Crippen LogP contribution in [0.4, 0.5) is 5.69 Å². The van der Waals surface area contributed by atoms with Crippen molar-refractivity contribution in [3.8, 4) is 0 Å². The highest BCUT2D eigenvalue weighted by molar-refractivity contribution is 6.07. The number of anilines is 1. The van der Waals surface area contributed by atoms with Crippen LogP contribution in [0.25, 0.3) is 11.0 Å². The molecule has 26 heavy (non-hydrogen) atoms. The Hall–Kier alpha value is -3.41. The fraction of sp³-hybridized carbons (Fsp3) is 0.150. The summed E-state index contributed by atoms with van der Waals surface area (Å²) in [7, 11) is 1.26. The van der Waals surface area contributed by atoms with E-state index >= 15 is 0 Å². The van der Waals surface area contributed by atoms with E-state index in [9.17, 15) is 14.4 Å². The van der Waals surface area contributed by atoms with Crippen molar-refractivity contribution in [3.63, 3.8) is 0 Å². The molecular weight excluding hydrogens is 334 g/mol. The number of benzene rings is 2. The van der Waals surface area contributed by atoms with Crippen molar-refractivity contribution in [3.05, 3.63) is 75.1 Å². The topological polar surface area (TPSA) is 85.6 Å². The molecule has 0 radical (unpaired) electrons. The van der Waals surface area contributed by atoms with Crippen LogP contribution in [0.3, 0.4) is 0 Å². The van der Waals surface area contributed by atoms with E-state index in [1.165, 1.54) is 13.2 Å². The molecule has 3 aromatic rings. The first-order valence-electron chi connectivity index (χ1n) is 7.95. The third-order valence-corrected chi connectivity index (χ3v) is 4.22. The van der Waals surface area contributed by atoms with Gasteiger partial charge in [0.2, 0.25) is 0 Å². The average Bonchev–Trinajstić information content (AvgIpc) is 2.64. The van der Waals surface area contributed by atoms with Gasteiger partial charge in [0.05, 0.1) is 23.7 Å². The highest BCUT2D eigenvalue weighted by Gasteiger charge is 2.18. The smallest absolute Gasteiger partial charge is 0.339 e. The van der Waals surface area contributed by atoms with Crippen LogP contribution in [0, 0.1) is 13.8 Å². The first kappa shape index (κ1) is 17.4. The molecule has 1 aromatic heterocycles. The van der Waals surface area contributed by atoms with Crippen molar-refractivity contribution in [2.75, 3.05) is 12.4 Å². The van der Waals surface area contributed by atoms with Gasteiger partial charge < -0.3 is 14.5 Å². The Morgan fingerprint density at radius 2 is 1.81 bits per heavy atom. The van der Waals surface area contributed by atoms with Crippen molar-refractivity contribution in [1.29, 1.82) is 0 Å². The van der Waals surface area contributed by atoms with Crippen LogP contribution in [0.1, 0.15) is 32.0 Å². The van der Waals surface area contributed by atoms with Gasteiger partial charge in [-0.3, -0.25) is 9.59 Å². The normalized spacial score (nSPS) is 10.6. The number of carbonyl (C=O) groups excluding carboxylic acids is 2. The highest BCUT2D eigenvalue weighted by atomic mass is 16.5. The predicted octanol–water partition coefficient (Wildman–Crippen LogP) is 3.45. The summed E-state index contributed by atoms with van der Waals surface area (Å²) in [4.78, 5) is 36.7. The van der Waals surface area contributed by atoms with Crippen molar-refractivity contribution in [2.45, 2.75) is 13.8 Å². The predicted molar refractivity (Wildman–Crippen MR) is 97.7 cm³/mol. The second-order valence-corrected chi connectivity index (χ2v) is 5.85. The van der Waals surface area contributed by atoms with E-state index in [-0.39, 0.29) is 22.4 Å². The van der Waals surface area contributed by atoms with Gasteiger partial charge in [0.1, 0.15) is 5.58 Å². The maximum atomic E-state index is 12.6. The maximum Gasteiger partial charge on any atom is 0.339 e. The zero-order valence-corrected chi connectivity index (χ0v) is 14.6. The number of aryl methyl sites for hydroxylation is 2. The van der Waals surface area contributed by atoms with Gasteiger partial charge in [-0.2, -0.15) is 0 Å². The Bertz CT molecular complexity index is 1080. The van der Waals surface area contributed by atoms with Gasteiger partial charge in [0.15, 0.2) is 11.2 Å². The number of fused-ring (bicyclic) bond motifs is 1. The number of para-hydroxylation sites is 1. The van der Waals surface area contributed by atoms with Crippen LogP contribution in [0.2, 0.25) is 0 Å². The van der Waals surface area contributed by atoms with Crippen LogP contribution >= 0.6 is 0 Å². The van der Waals surface area contributed by atoms with Gasteiger partial charge in [-0.25, -0.2) is 4.79 Å². The molecule has 0 aliphatic heterocycles. The largest absolute Gasteiger partial charge is 0.465 e. The Morgan fingerprint density at radius 3 is 2.54 bits per heavy atom. The summed E-state index contributed by atoms with van der Waals surface area (Å²) >= 11 is 0. The second-order valence-electron chi connectivity index (χ2n) is 5.85. The second kappa shape index (κ2) is 6.84. The molecule has 0 fully saturated rings. The lowest BCUT2D eigenvalue weighted by atomic mass is 10.1. The molecular formula is C20H17NO5. The molecule has 0 bridgehead atoms. The Kier molecular flexibility index (Phi) is 4.58. The zero-order valence-electron chi connectivity index (χ0n) is 14.6. The number of carbonyl (C=O) groups is 2. The van der Waals surface area contributed by atoms with Gasteiger partial charge in [0.25, 0.3) is 5.91 Å². The third kappa shape index (κ3) is 3.09. The number of ether oxygens (including phenoxy) is 1. The van der Waals surface area contributed by atoms with E-state index in [2.05, 4.69) is 5.32 Å². The van der Waals surface area contributed by atoms with Gasteiger partial charge in [-0.05, 0) is 43.2 Å². The number of rotatable bonds is 3. The van der Waals surface area contributed by atoms with Gasteiger partial charge >= 0.3 is 5.97 Å². The Balaban J connectivity index is 2.03. The monoisotopic (exact) mass is 351 g/mol. The van der Waals surface area contributed by atoms with Crippen LogP contribution in [0.5, 0.6) is 0 Å². The molecule has 0 aliphatic carbocycles. The van der Waals surface area contributed by atoms with Gasteiger partial charge in [0, 0.05) is 6.07 Å². The summed E-state index contributed by atoms with van der Waals surface area (Å²) in [5.41, 5.74) is 2.30. The van der Waals surface area contributed by atoms with Crippen molar-refractivity contribution < 1.29 is 18.7 Å². The highest BCUT2D eigenvalue weighted by Crippen LogP contribution is 2.22. The summed E-state index contributed by atoms with van der Waals surface area (Å²) in [5, 5.41) is 3.01. The first-order valence-corrected chi connectivity index (χ1v) is 7.95. The summed E-state index contributed by atoms with van der Waals surface area (Å²) in [6.07, 6.45) is 0. The molecule has 0 unspecified atom stereocenters. The van der Waals surface area contributed by atoms with Crippen molar-refractivity contribution >= 4 is 28.5 Å². The molecule has 0 aliphatic rings. The molecule has 3 rings (SSSR count). The first-order chi connectivity index (χ1) is 12.4. The third-order valence-electron chi connectivity index (χ3n) is 4.22. The maximum absolute atomic E-state index is 12.6. The standard InChI is InChI=1S/C20H17NO5/c1-11-8-9-14-16(22)10-17(26-18(14)12(11)2)19(23)21-15-7-5-4-6-13(15)20(24)25-3/h4-10H,1-3H3,(H,21,23). The molecule has 0 saturated carbocycles. The molecule has 6 heteroatoms. The molecule has 0 saturated heterocycles. The minimum atomic E-state index is -0.624. The lowest BCUT2D eigenvalue weighted by Crippen LogP contribution is -2.17. The van der Waals surface area contributed by atoms with E-state index in [1.54, 1.807) is 24.3 Å². The summed E-state index contributed by atoms with van der Waals surface area (Å²) in [6, 6.07) is 11.1. The molecule has 1 N–H and O–H groups in total. The summed E-state index contributed by atoms with van der Waals surface area (Å²) in [6.45, 7) is 3.73. The number of hydrogen-bond acceptors (Lipinski definition) is 5. The lowest BCUT2D eigenvalue weighted by Gasteiger charge is -2.10.